The molecule has 7 nitrogen and oxygen atoms in total. The molecule has 0 aliphatic rings. The van der Waals surface area contributed by atoms with Crippen LogP contribution in [0, 0.1) is 5.82 Å². The first-order valence-corrected chi connectivity index (χ1v) is 6.54. The lowest BCUT2D eigenvalue weighted by molar-refractivity contribution is -0.118. The number of nitrogens with one attached hydrogen (secondary N) is 3. The Labute approximate surface area is 127 Å². The van der Waals surface area contributed by atoms with Crippen LogP contribution in [-0.4, -0.2) is 29.9 Å². The zero-order valence-electron chi connectivity index (χ0n) is 12.6. The van der Waals surface area contributed by atoms with Gasteiger partial charge in [0.05, 0.1) is 12.1 Å². The van der Waals surface area contributed by atoms with Gasteiger partial charge in [0.15, 0.2) is 0 Å². The minimum Gasteiger partial charge on any atom is -0.376 e. The highest BCUT2D eigenvalue weighted by atomic mass is 19.1. The van der Waals surface area contributed by atoms with Crippen molar-refractivity contribution in [1.82, 2.24) is 10.6 Å². The number of primary amides is 1. The van der Waals surface area contributed by atoms with E-state index in [0.29, 0.717) is 0 Å². The van der Waals surface area contributed by atoms with E-state index in [0.717, 1.165) is 6.07 Å². The van der Waals surface area contributed by atoms with Crippen molar-refractivity contribution >= 4 is 23.5 Å². The first-order valence-electron chi connectivity index (χ1n) is 6.54. The number of carbonyl (C=O) groups is 3. The quantitative estimate of drug-likeness (QED) is 0.663. The zero-order chi connectivity index (χ0) is 16.9. The van der Waals surface area contributed by atoms with Gasteiger partial charge in [-0.25, -0.2) is 9.18 Å². The number of hydrogen-bond donors (Lipinski definition) is 4. The van der Waals surface area contributed by atoms with E-state index in [-0.39, 0.29) is 17.8 Å². The van der Waals surface area contributed by atoms with Gasteiger partial charge in [0.25, 0.3) is 5.91 Å². The maximum absolute atomic E-state index is 13.5. The summed E-state index contributed by atoms with van der Waals surface area (Å²) in [5.74, 6) is -2.25. The van der Waals surface area contributed by atoms with Gasteiger partial charge in [0.1, 0.15) is 5.82 Å². The van der Waals surface area contributed by atoms with Gasteiger partial charge in [-0.15, -0.1) is 0 Å². The average Bonchev–Trinajstić information content (AvgIpc) is 2.33. The zero-order valence-corrected chi connectivity index (χ0v) is 12.6. The van der Waals surface area contributed by atoms with Gasteiger partial charge in [0.2, 0.25) is 5.91 Å². The Morgan fingerprint density at radius 2 is 1.86 bits per heavy atom. The smallest absolute Gasteiger partial charge is 0.321 e. The lowest BCUT2D eigenvalue weighted by Gasteiger charge is -2.20. The van der Waals surface area contributed by atoms with Crippen LogP contribution < -0.4 is 21.7 Å². The van der Waals surface area contributed by atoms with Crippen LogP contribution in [0.4, 0.5) is 14.9 Å². The van der Waals surface area contributed by atoms with Crippen molar-refractivity contribution in [1.29, 1.82) is 0 Å². The van der Waals surface area contributed by atoms with Gasteiger partial charge < -0.3 is 16.4 Å². The van der Waals surface area contributed by atoms with Crippen molar-refractivity contribution in [2.24, 2.45) is 5.73 Å². The van der Waals surface area contributed by atoms with E-state index >= 15 is 0 Å². The number of anilines is 1. The SMILES string of the molecule is CC(C)(C)NC(=O)NC(=O)CNc1ccc(C(N)=O)c(F)c1. The third-order valence-electron chi connectivity index (χ3n) is 2.43. The standard InChI is InChI=1S/C14H19FN4O3/c1-14(2,3)19-13(22)18-11(20)7-17-8-4-5-9(12(16)21)10(15)6-8/h4-6,17H,7H2,1-3H3,(H2,16,21)(H2,18,19,20,22). The van der Waals surface area contributed by atoms with Crippen molar-refractivity contribution in [3.05, 3.63) is 29.6 Å². The summed E-state index contributed by atoms with van der Waals surface area (Å²) in [6.07, 6.45) is 0. The number of benzene rings is 1. The molecule has 0 aliphatic carbocycles. The number of nitrogens with two attached hydrogens (primary N) is 1. The van der Waals surface area contributed by atoms with Crippen LogP contribution in [0.1, 0.15) is 31.1 Å². The molecule has 120 valence electrons. The molecule has 5 N–H and O–H groups in total. The van der Waals surface area contributed by atoms with Gasteiger partial charge in [-0.2, -0.15) is 0 Å². The molecule has 0 fully saturated rings. The maximum Gasteiger partial charge on any atom is 0.321 e. The third-order valence-corrected chi connectivity index (χ3v) is 2.43. The molecule has 1 rings (SSSR count). The number of halogens is 1. The van der Waals surface area contributed by atoms with E-state index in [1.165, 1.54) is 12.1 Å². The molecule has 0 spiro atoms. The highest BCUT2D eigenvalue weighted by Crippen LogP contribution is 2.13. The van der Waals surface area contributed by atoms with Crippen molar-refractivity contribution in [2.45, 2.75) is 26.3 Å². The fraction of sp³-hybridized carbons (Fsp3) is 0.357. The molecule has 0 saturated heterocycles. The third kappa shape index (κ3) is 5.78. The van der Waals surface area contributed by atoms with E-state index in [4.69, 9.17) is 5.73 Å². The molecule has 22 heavy (non-hydrogen) atoms. The molecule has 0 unspecified atom stereocenters. The van der Waals surface area contributed by atoms with Crippen LogP contribution in [0.2, 0.25) is 0 Å². The lowest BCUT2D eigenvalue weighted by Crippen LogP contribution is -2.49. The van der Waals surface area contributed by atoms with Gasteiger partial charge >= 0.3 is 6.03 Å². The summed E-state index contributed by atoms with van der Waals surface area (Å²) in [6, 6.07) is 3.05. The van der Waals surface area contributed by atoms with E-state index in [1.807, 2.05) is 0 Å². The summed E-state index contributed by atoms with van der Waals surface area (Å²) in [5.41, 5.74) is 4.57. The summed E-state index contributed by atoms with van der Waals surface area (Å²) < 4.78 is 13.5. The normalized spacial score (nSPS) is 10.7. The van der Waals surface area contributed by atoms with Gasteiger partial charge in [0, 0.05) is 11.2 Å². The van der Waals surface area contributed by atoms with Crippen molar-refractivity contribution in [3.63, 3.8) is 0 Å². The molecule has 0 radical (unpaired) electrons. The molecule has 0 heterocycles. The molecular formula is C14H19FN4O3. The largest absolute Gasteiger partial charge is 0.376 e. The number of amides is 4. The van der Waals surface area contributed by atoms with Crippen LogP contribution >= 0.6 is 0 Å². The molecule has 0 aliphatic heterocycles. The van der Waals surface area contributed by atoms with Crippen LogP contribution in [0.5, 0.6) is 0 Å². The van der Waals surface area contributed by atoms with Gasteiger partial charge in [-0.3, -0.25) is 14.9 Å². The molecular weight excluding hydrogens is 291 g/mol. The lowest BCUT2D eigenvalue weighted by atomic mass is 10.1. The van der Waals surface area contributed by atoms with Crippen molar-refractivity contribution < 1.29 is 18.8 Å². The Morgan fingerprint density at radius 3 is 2.36 bits per heavy atom. The van der Waals surface area contributed by atoms with Gasteiger partial charge in [-0.1, -0.05) is 0 Å². The second-order valence-electron chi connectivity index (χ2n) is 5.66. The van der Waals surface area contributed by atoms with Gasteiger partial charge in [-0.05, 0) is 39.0 Å². The van der Waals surface area contributed by atoms with Crippen LogP contribution in [0.15, 0.2) is 18.2 Å². The van der Waals surface area contributed by atoms with E-state index in [1.54, 1.807) is 20.8 Å². The molecule has 8 heteroatoms. The highest BCUT2D eigenvalue weighted by Gasteiger charge is 2.15. The number of rotatable bonds is 4. The van der Waals surface area contributed by atoms with E-state index < -0.39 is 29.2 Å². The molecule has 4 amide bonds. The first kappa shape index (κ1) is 17.4. The maximum atomic E-state index is 13.5. The fourth-order valence-electron chi connectivity index (χ4n) is 1.55. The van der Waals surface area contributed by atoms with E-state index in [9.17, 15) is 18.8 Å². The first-order chi connectivity index (χ1) is 10.1. The van der Waals surface area contributed by atoms with Crippen molar-refractivity contribution in [3.8, 4) is 0 Å². The van der Waals surface area contributed by atoms with Crippen LogP contribution in [-0.2, 0) is 4.79 Å². The fourth-order valence-corrected chi connectivity index (χ4v) is 1.55. The molecule has 0 aromatic heterocycles. The van der Waals surface area contributed by atoms with E-state index in [2.05, 4.69) is 16.0 Å². The molecule has 1 aromatic rings. The number of urea groups is 1. The molecule has 0 bridgehead atoms. The Bertz CT molecular complexity index is 596. The second kappa shape index (κ2) is 6.88. The summed E-state index contributed by atoms with van der Waals surface area (Å²) >= 11 is 0. The Kier molecular flexibility index (Phi) is 5.44. The Morgan fingerprint density at radius 1 is 1.23 bits per heavy atom. The van der Waals surface area contributed by atoms with Crippen molar-refractivity contribution in [2.75, 3.05) is 11.9 Å². The highest BCUT2D eigenvalue weighted by molar-refractivity contribution is 5.96. The average molecular weight is 310 g/mol. The molecule has 1 aromatic carbocycles. The Hall–Kier alpha value is -2.64. The predicted molar refractivity (Wildman–Crippen MR) is 79.8 cm³/mol. The minimum absolute atomic E-state index is 0.229. The number of hydrogen-bond acceptors (Lipinski definition) is 4. The predicted octanol–water partition coefficient (Wildman–Crippen LogP) is 0.961. The Balaban J connectivity index is 2.53. The summed E-state index contributed by atoms with van der Waals surface area (Å²) in [7, 11) is 0. The second-order valence-corrected chi connectivity index (χ2v) is 5.66. The number of carbonyl (C=O) groups excluding carboxylic acids is 3. The summed E-state index contributed by atoms with van der Waals surface area (Å²) in [5, 5.41) is 7.33. The van der Waals surface area contributed by atoms with Crippen LogP contribution in [0.3, 0.4) is 0 Å². The van der Waals surface area contributed by atoms with Crippen LogP contribution in [0.25, 0.3) is 0 Å². The summed E-state index contributed by atoms with van der Waals surface area (Å²) in [6.45, 7) is 5.10. The monoisotopic (exact) mass is 310 g/mol. The summed E-state index contributed by atoms with van der Waals surface area (Å²) in [4.78, 5) is 33.9. The molecule has 0 saturated carbocycles. The molecule has 0 atom stereocenters. The topological polar surface area (TPSA) is 113 Å². The minimum atomic E-state index is -0.874. The number of imide groups is 1.